The molecule has 0 spiro atoms. The van der Waals surface area contributed by atoms with Crippen LogP contribution in [0.2, 0.25) is 0 Å². The monoisotopic (exact) mass is 361 g/mol. The highest BCUT2D eigenvalue weighted by Crippen LogP contribution is 2.43. The fourth-order valence-electron chi connectivity index (χ4n) is 3.09. The van der Waals surface area contributed by atoms with Gasteiger partial charge in [0, 0.05) is 9.79 Å². The normalized spacial score (nSPS) is 26.9. The van der Waals surface area contributed by atoms with Gasteiger partial charge in [-0.1, -0.05) is 48.9 Å². The lowest BCUT2D eigenvalue weighted by atomic mass is 9.95. The van der Waals surface area contributed by atoms with E-state index in [1.807, 2.05) is 11.8 Å². The molecule has 126 valence electrons. The van der Waals surface area contributed by atoms with E-state index in [2.05, 4.69) is 53.8 Å². The van der Waals surface area contributed by atoms with Crippen LogP contribution in [0.3, 0.4) is 0 Å². The highest BCUT2D eigenvalue weighted by Gasteiger charge is 2.36. The summed E-state index contributed by atoms with van der Waals surface area (Å²) in [5.74, 6) is 0. The highest BCUT2D eigenvalue weighted by atomic mass is 32.2. The zero-order chi connectivity index (χ0) is 16.4. The van der Waals surface area contributed by atoms with Crippen LogP contribution in [0.1, 0.15) is 25.7 Å². The molecule has 2 aromatic rings. The molecule has 3 atom stereocenters. The number of benzene rings is 2. The minimum Gasteiger partial charge on any atom is -0.354 e. The van der Waals surface area contributed by atoms with Gasteiger partial charge in [-0.2, -0.15) is 4.21 Å². The summed E-state index contributed by atoms with van der Waals surface area (Å²) in [6.07, 6.45) is 4.63. The number of anilines is 2. The number of para-hydroxylation sites is 2. The molecule has 4 nitrogen and oxygen atoms in total. The van der Waals surface area contributed by atoms with Crippen LogP contribution in [0.4, 0.5) is 11.4 Å². The van der Waals surface area contributed by atoms with Crippen LogP contribution in [0.25, 0.3) is 0 Å². The Hall–Kier alpha value is -1.34. The van der Waals surface area contributed by atoms with Crippen LogP contribution >= 0.6 is 11.8 Å². The van der Waals surface area contributed by atoms with E-state index in [4.69, 9.17) is 8.37 Å². The van der Waals surface area contributed by atoms with E-state index in [-0.39, 0.29) is 12.2 Å². The molecule has 24 heavy (non-hydrogen) atoms. The maximum Gasteiger partial charge on any atom is 0.305 e. The van der Waals surface area contributed by atoms with Gasteiger partial charge in [-0.25, -0.2) is 0 Å². The van der Waals surface area contributed by atoms with E-state index < -0.39 is 11.4 Å². The van der Waals surface area contributed by atoms with Crippen LogP contribution in [0.5, 0.6) is 0 Å². The van der Waals surface area contributed by atoms with E-state index in [9.17, 15) is 4.21 Å². The maximum absolute atomic E-state index is 10.7. The Labute approximate surface area is 148 Å². The van der Waals surface area contributed by atoms with Gasteiger partial charge in [-0.3, -0.25) is 8.37 Å². The van der Waals surface area contributed by atoms with Crippen molar-refractivity contribution in [1.82, 2.24) is 0 Å². The largest absolute Gasteiger partial charge is 0.354 e. The molecular weight excluding hydrogens is 342 g/mol. The predicted molar refractivity (Wildman–Crippen MR) is 96.6 cm³/mol. The summed E-state index contributed by atoms with van der Waals surface area (Å²) in [6.45, 7) is 0. The zero-order valence-electron chi connectivity index (χ0n) is 13.1. The van der Waals surface area contributed by atoms with Gasteiger partial charge in [0.05, 0.1) is 11.4 Å². The van der Waals surface area contributed by atoms with Crippen molar-refractivity contribution in [3.8, 4) is 0 Å². The van der Waals surface area contributed by atoms with E-state index >= 15 is 0 Å². The lowest BCUT2D eigenvalue weighted by Crippen LogP contribution is -2.25. The summed E-state index contributed by atoms with van der Waals surface area (Å²) in [5, 5.41) is 3.42. The van der Waals surface area contributed by atoms with Gasteiger partial charge < -0.3 is 5.32 Å². The number of hydrogen-bond acceptors (Lipinski definition) is 5. The summed E-state index contributed by atoms with van der Waals surface area (Å²) in [4.78, 5) is 2.59. The van der Waals surface area contributed by atoms with Gasteiger partial charge in [-0.15, -0.1) is 0 Å². The van der Waals surface area contributed by atoms with Gasteiger partial charge in [-0.05, 0) is 37.1 Å². The van der Waals surface area contributed by atoms with Gasteiger partial charge in [0.1, 0.15) is 12.2 Å². The van der Waals surface area contributed by atoms with Crippen molar-refractivity contribution in [2.75, 3.05) is 5.32 Å². The van der Waals surface area contributed by atoms with E-state index in [0.29, 0.717) is 0 Å². The Bertz CT molecular complexity index is 649. The van der Waals surface area contributed by atoms with Crippen LogP contribution in [-0.4, -0.2) is 16.4 Å². The summed E-state index contributed by atoms with van der Waals surface area (Å²) in [5.41, 5.74) is 2.41. The van der Waals surface area contributed by atoms with Crippen molar-refractivity contribution < 1.29 is 12.6 Å². The molecule has 2 heterocycles. The minimum atomic E-state index is -1.44. The molecule has 2 aromatic carbocycles. The van der Waals surface area contributed by atoms with Gasteiger partial charge >= 0.3 is 11.4 Å². The molecule has 1 saturated heterocycles. The molecule has 0 bridgehead atoms. The first-order valence-corrected chi connectivity index (χ1v) is 10.0. The smallest absolute Gasteiger partial charge is 0.305 e. The number of nitrogens with one attached hydrogen (secondary N) is 1. The summed E-state index contributed by atoms with van der Waals surface area (Å²) >= 11 is 0.377. The molecule has 2 fully saturated rings. The summed E-state index contributed by atoms with van der Waals surface area (Å²) in [6, 6.07) is 16.8. The van der Waals surface area contributed by atoms with Crippen molar-refractivity contribution in [3.63, 3.8) is 0 Å². The molecule has 3 aliphatic rings. The molecule has 0 amide bonds. The molecule has 1 N–H and O–H groups in total. The third-order valence-electron chi connectivity index (χ3n) is 4.31. The van der Waals surface area contributed by atoms with E-state index in [1.54, 1.807) is 0 Å². The Morgan fingerprint density at radius 3 is 1.92 bits per heavy atom. The molecule has 0 radical (unpaired) electrons. The van der Waals surface area contributed by atoms with Gasteiger partial charge in [0.15, 0.2) is 0 Å². The summed E-state index contributed by atoms with van der Waals surface area (Å²) < 4.78 is 20.7. The highest BCUT2D eigenvalue weighted by molar-refractivity contribution is 7.99. The minimum absolute atomic E-state index is 0.120. The molecule has 2 aliphatic heterocycles. The molecule has 1 aliphatic carbocycles. The fourth-order valence-corrected chi connectivity index (χ4v) is 4.97. The van der Waals surface area contributed by atoms with Gasteiger partial charge in [0.2, 0.25) is 0 Å². The quantitative estimate of drug-likeness (QED) is 0.622. The molecule has 1 saturated carbocycles. The molecule has 1 unspecified atom stereocenters. The van der Waals surface area contributed by atoms with Gasteiger partial charge in [0.25, 0.3) is 0 Å². The SMILES string of the molecule is O=S1O[C@H]2CCCC[C@H]2O1.c1ccc2c(c1)Nc1ccccc1S2. The third-order valence-corrected chi connectivity index (χ3v) is 6.27. The average molecular weight is 361 g/mol. The third kappa shape index (κ3) is 3.52. The Balaban J connectivity index is 0.000000129. The lowest BCUT2D eigenvalue weighted by Gasteiger charge is -2.19. The van der Waals surface area contributed by atoms with Crippen molar-refractivity contribution in [3.05, 3.63) is 48.5 Å². The van der Waals surface area contributed by atoms with E-state index in [1.165, 1.54) is 34.0 Å². The number of fused-ring (bicyclic) bond motifs is 3. The van der Waals surface area contributed by atoms with Crippen molar-refractivity contribution in [1.29, 1.82) is 0 Å². The molecule has 5 rings (SSSR count). The molecule has 0 aromatic heterocycles. The van der Waals surface area contributed by atoms with Crippen LogP contribution < -0.4 is 5.32 Å². The average Bonchev–Trinajstić information content (AvgIpc) is 3.00. The van der Waals surface area contributed by atoms with Crippen LogP contribution in [-0.2, 0) is 19.7 Å². The van der Waals surface area contributed by atoms with E-state index in [0.717, 1.165) is 12.8 Å². The Kier molecular flexibility index (Phi) is 4.89. The summed E-state index contributed by atoms with van der Waals surface area (Å²) in [7, 11) is 0. The first kappa shape index (κ1) is 16.1. The fraction of sp³-hybridized carbons (Fsp3) is 0.333. The zero-order valence-corrected chi connectivity index (χ0v) is 14.8. The van der Waals surface area contributed by atoms with Crippen LogP contribution in [0.15, 0.2) is 58.3 Å². The number of rotatable bonds is 0. The Morgan fingerprint density at radius 1 is 0.875 bits per heavy atom. The van der Waals surface area contributed by atoms with Crippen molar-refractivity contribution in [2.45, 2.75) is 47.7 Å². The second kappa shape index (κ2) is 7.27. The maximum atomic E-state index is 10.7. The standard InChI is InChI=1S/C12H9NS.C6H10O3S/c1-3-7-11-9(5-1)13-10-6-2-4-8-12(10)14-11;7-10-8-5-3-1-2-4-6(5)9-10/h1-8,13H;5-6H,1-4H2/t;5-,6+,10?. The first-order chi connectivity index (χ1) is 11.8. The molecule has 6 heteroatoms. The Morgan fingerprint density at radius 2 is 1.38 bits per heavy atom. The topological polar surface area (TPSA) is 47.6 Å². The van der Waals surface area contributed by atoms with Crippen LogP contribution in [0, 0.1) is 0 Å². The number of hydrogen-bond donors (Lipinski definition) is 1. The molecular formula is C18H19NO3S2. The van der Waals surface area contributed by atoms with Crippen molar-refractivity contribution >= 4 is 34.5 Å². The predicted octanol–water partition coefficient (Wildman–Crippen LogP) is 4.82. The van der Waals surface area contributed by atoms with Crippen molar-refractivity contribution in [2.24, 2.45) is 0 Å². The second-order valence-electron chi connectivity index (χ2n) is 5.98. The first-order valence-electron chi connectivity index (χ1n) is 8.18. The lowest BCUT2D eigenvalue weighted by molar-refractivity contribution is 0.110. The second-order valence-corrected chi connectivity index (χ2v) is 7.85.